The van der Waals surface area contributed by atoms with E-state index in [4.69, 9.17) is 4.74 Å². The molecule has 0 amide bonds. The van der Waals surface area contributed by atoms with Gasteiger partial charge < -0.3 is 4.74 Å². The number of aromatic nitrogens is 1. The minimum atomic E-state index is 0.215. The first-order valence-corrected chi connectivity index (χ1v) is 5.27. The van der Waals surface area contributed by atoms with Gasteiger partial charge in [-0.15, -0.1) is 0 Å². The molecule has 0 aromatic carbocycles. The van der Waals surface area contributed by atoms with E-state index in [0.29, 0.717) is 5.88 Å². The van der Waals surface area contributed by atoms with Crippen molar-refractivity contribution < 1.29 is 4.74 Å². The molecule has 0 fully saturated rings. The Balaban J connectivity index is 2.24. The number of rotatable bonds is 1. The Morgan fingerprint density at radius 2 is 1.93 bits per heavy atom. The number of hydrogen-bond donors (Lipinski definition) is 0. The van der Waals surface area contributed by atoms with Crippen molar-refractivity contribution in [2.45, 2.75) is 39.4 Å². The summed E-state index contributed by atoms with van der Waals surface area (Å²) in [6.07, 6.45) is 1.93. The summed E-state index contributed by atoms with van der Waals surface area (Å²) >= 11 is 0. The first-order chi connectivity index (χ1) is 7.00. The second kappa shape index (κ2) is 3.49. The molecule has 3 heteroatoms. The summed E-state index contributed by atoms with van der Waals surface area (Å²) in [5.74, 6) is 0.713. The van der Waals surface area contributed by atoms with Crippen molar-refractivity contribution in [3.05, 3.63) is 23.4 Å². The molecular weight excluding hydrogens is 188 g/mol. The van der Waals surface area contributed by atoms with E-state index in [9.17, 15) is 0 Å². The highest BCUT2D eigenvalue weighted by Crippen LogP contribution is 2.29. The fraction of sp³-hybridized carbons (Fsp3) is 0.583. The fourth-order valence-electron chi connectivity index (χ4n) is 1.85. The summed E-state index contributed by atoms with van der Waals surface area (Å²) < 4.78 is 5.13. The lowest BCUT2D eigenvalue weighted by Gasteiger charge is -2.31. The van der Waals surface area contributed by atoms with E-state index < -0.39 is 0 Å². The van der Waals surface area contributed by atoms with Gasteiger partial charge in [-0.25, -0.2) is 4.98 Å². The maximum atomic E-state index is 5.13. The van der Waals surface area contributed by atoms with Crippen LogP contribution in [-0.2, 0) is 13.1 Å². The Morgan fingerprint density at radius 1 is 1.27 bits per heavy atom. The van der Waals surface area contributed by atoms with Crippen molar-refractivity contribution in [2.24, 2.45) is 0 Å². The average molecular weight is 206 g/mol. The Morgan fingerprint density at radius 3 is 2.53 bits per heavy atom. The van der Waals surface area contributed by atoms with Gasteiger partial charge >= 0.3 is 0 Å². The summed E-state index contributed by atoms with van der Waals surface area (Å²) in [6.45, 7) is 8.71. The molecule has 0 saturated carbocycles. The number of methoxy groups -OCH3 is 1. The molecule has 0 atom stereocenters. The van der Waals surface area contributed by atoms with Crippen LogP contribution in [0.1, 0.15) is 31.9 Å². The lowest BCUT2D eigenvalue weighted by molar-refractivity contribution is 0.136. The topological polar surface area (TPSA) is 25.4 Å². The van der Waals surface area contributed by atoms with E-state index in [1.165, 1.54) is 11.1 Å². The maximum absolute atomic E-state index is 5.13. The molecule has 2 rings (SSSR count). The molecule has 1 aromatic heterocycles. The molecule has 0 aliphatic carbocycles. The van der Waals surface area contributed by atoms with E-state index in [1.54, 1.807) is 7.11 Å². The van der Waals surface area contributed by atoms with Gasteiger partial charge in [0.15, 0.2) is 0 Å². The first-order valence-electron chi connectivity index (χ1n) is 5.27. The molecule has 0 bridgehead atoms. The van der Waals surface area contributed by atoms with Crippen molar-refractivity contribution in [1.82, 2.24) is 9.88 Å². The van der Waals surface area contributed by atoms with Gasteiger partial charge in [-0.2, -0.15) is 0 Å². The molecule has 82 valence electrons. The largest absolute Gasteiger partial charge is 0.481 e. The van der Waals surface area contributed by atoms with Gasteiger partial charge in [0.05, 0.1) is 7.11 Å². The van der Waals surface area contributed by atoms with Crippen LogP contribution >= 0.6 is 0 Å². The van der Waals surface area contributed by atoms with Crippen LogP contribution in [-0.4, -0.2) is 22.5 Å². The summed E-state index contributed by atoms with van der Waals surface area (Å²) in [7, 11) is 1.66. The average Bonchev–Trinajstić information content (AvgIpc) is 2.59. The Bertz CT molecular complexity index is 368. The quantitative estimate of drug-likeness (QED) is 0.704. The predicted octanol–water partition coefficient (Wildman–Crippen LogP) is 2.20. The van der Waals surface area contributed by atoms with Gasteiger partial charge in [0.1, 0.15) is 0 Å². The van der Waals surface area contributed by atoms with E-state index in [-0.39, 0.29) is 5.54 Å². The van der Waals surface area contributed by atoms with Crippen molar-refractivity contribution in [1.29, 1.82) is 0 Å². The summed E-state index contributed by atoms with van der Waals surface area (Å²) in [4.78, 5) is 6.68. The van der Waals surface area contributed by atoms with Crippen molar-refractivity contribution >= 4 is 0 Å². The molecule has 0 N–H and O–H groups in total. The molecule has 1 aliphatic rings. The number of fused-ring (bicyclic) bond motifs is 1. The van der Waals surface area contributed by atoms with Crippen LogP contribution in [0.3, 0.4) is 0 Å². The zero-order chi connectivity index (χ0) is 11.1. The molecule has 3 nitrogen and oxygen atoms in total. The number of pyridine rings is 1. The SMILES string of the molecule is COc1cc2c(cn1)CN(C(C)(C)C)C2. The zero-order valence-electron chi connectivity index (χ0n) is 9.87. The molecule has 0 spiro atoms. The number of hydrogen-bond acceptors (Lipinski definition) is 3. The minimum Gasteiger partial charge on any atom is -0.481 e. The highest BCUT2D eigenvalue weighted by atomic mass is 16.5. The smallest absolute Gasteiger partial charge is 0.213 e. The van der Waals surface area contributed by atoms with Crippen LogP contribution in [0, 0.1) is 0 Å². The van der Waals surface area contributed by atoms with Gasteiger partial charge in [0.2, 0.25) is 5.88 Å². The van der Waals surface area contributed by atoms with Gasteiger partial charge in [0, 0.05) is 30.9 Å². The van der Waals surface area contributed by atoms with Gasteiger partial charge in [-0.3, -0.25) is 4.90 Å². The predicted molar refractivity (Wildman–Crippen MR) is 59.8 cm³/mol. The van der Waals surface area contributed by atoms with Gasteiger partial charge in [0.25, 0.3) is 0 Å². The Kier molecular flexibility index (Phi) is 2.43. The third kappa shape index (κ3) is 1.97. The van der Waals surface area contributed by atoms with Crippen molar-refractivity contribution in [3.8, 4) is 5.88 Å². The normalized spacial score (nSPS) is 16.5. The highest BCUT2D eigenvalue weighted by Gasteiger charge is 2.28. The number of nitrogens with zero attached hydrogens (tertiary/aromatic N) is 2. The Labute approximate surface area is 91.1 Å². The minimum absolute atomic E-state index is 0.215. The second-order valence-corrected chi connectivity index (χ2v) is 5.02. The fourth-order valence-corrected chi connectivity index (χ4v) is 1.85. The molecule has 0 saturated heterocycles. The monoisotopic (exact) mass is 206 g/mol. The molecule has 0 radical (unpaired) electrons. The van der Waals surface area contributed by atoms with Gasteiger partial charge in [-0.05, 0) is 31.9 Å². The number of ether oxygens (including phenoxy) is 1. The molecular formula is C12H18N2O. The van der Waals surface area contributed by atoms with E-state index in [1.807, 2.05) is 12.3 Å². The van der Waals surface area contributed by atoms with E-state index in [0.717, 1.165) is 13.1 Å². The first kappa shape index (κ1) is 10.4. The van der Waals surface area contributed by atoms with Crippen LogP contribution in [0.4, 0.5) is 0 Å². The lowest BCUT2D eigenvalue weighted by Crippen LogP contribution is -2.36. The molecule has 0 unspecified atom stereocenters. The van der Waals surface area contributed by atoms with Crippen LogP contribution in [0.15, 0.2) is 12.3 Å². The zero-order valence-corrected chi connectivity index (χ0v) is 9.87. The van der Waals surface area contributed by atoms with Crippen molar-refractivity contribution in [2.75, 3.05) is 7.11 Å². The van der Waals surface area contributed by atoms with Crippen LogP contribution in [0.25, 0.3) is 0 Å². The van der Waals surface area contributed by atoms with Crippen LogP contribution in [0.5, 0.6) is 5.88 Å². The third-order valence-electron chi connectivity index (χ3n) is 2.94. The second-order valence-electron chi connectivity index (χ2n) is 5.02. The summed E-state index contributed by atoms with van der Waals surface area (Å²) in [6, 6.07) is 2.04. The molecule has 2 heterocycles. The molecule has 1 aromatic rings. The van der Waals surface area contributed by atoms with Crippen LogP contribution < -0.4 is 4.74 Å². The standard InChI is InChI=1S/C12H18N2O/c1-12(2,3)14-7-9-5-11(15-4)13-6-10(9)8-14/h5-6H,7-8H2,1-4H3. The maximum Gasteiger partial charge on any atom is 0.213 e. The Hall–Kier alpha value is -1.09. The molecule has 15 heavy (non-hydrogen) atoms. The third-order valence-corrected chi connectivity index (χ3v) is 2.94. The van der Waals surface area contributed by atoms with Gasteiger partial charge in [-0.1, -0.05) is 0 Å². The summed E-state index contributed by atoms with van der Waals surface area (Å²) in [5.41, 5.74) is 2.88. The summed E-state index contributed by atoms with van der Waals surface area (Å²) in [5, 5.41) is 0. The lowest BCUT2D eigenvalue weighted by atomic mass is 10.1. The highest BCUT2D eigenvalue weighted by molar-refractivity contribution is 5.32. The van der Waals surface area contributed by atoms with E-state index >= 15 is 0 Å². The van der Waals surface area contributed by atoms with Crippen LogP contribution in [0.2, 0.25) is 0 Å². The molecule has 1 aliphatic heterocycles. The van der Waals surface area contributed by atoms with E-state index in [2.05, 4.69) is 30.7 Å². The van der Waals surface area contributed by atoms with Crippen molar-refractivity contribution in [3.63, 3.8) is 0 Å².